The zero-order valence-electron chi connectivity index (χ0n) is 27.1. The van der Waals surface area contributed by atoms with E-state index < -0.39 is 11.4 Å². The molecule has 4 rings (SSSR count). The highest BCUT2D eigenvalue weighted by Gasteiger charge is 2.42. The van der Waals surface area contributed by atoms with Gasteiger partial charge in [-0.1, -0.05) is 57.6 Å². The van der Waals surface area contributed by atoms with E-state index in [9.17, 15) is 14.4 Å². The number of benzene rings is 2. The van der Waals surface area contributed by atoms with Crippen molar-refractivity contribution >= 4 is 70.0 Å². The van der Waals surface area contributed by atoms with Crippen LogP contribution in [0.4, 0.5) is 4.79 Å². The summed E-state index contributed by atoms with van der Waals surface area (Å²) in [6.45, 7) is 7.09. The SMILES string of the molecule is CO/N=C(/CN(C)C(=O)c1cc(Cl)cc(Cl)c1)[C@H](CCN1CCC(N2CCCN(C(C)(C)C(N)=O)C2=O)CC1)c1ccc(Cl)c(Cl)c1. The number of urea groups is 1. The highest BCUT2D eigenvalue weighted by atomic mass is 35.5. The third-order valence-electron chi connectivity index (χ3n) is 9.08. The first-order chi connectivity index (χ1) is 22.2. The van der Waals surface area contributed by atoms with Crippen LogP contribution in [0.25, 0.3) is 0 Å². The van der Waals surface area contributed by atoms with Gasteiger partial charge in [-0.25, -0.2) is 4.79 Å². The van der Waals surface area contributed by atoms with Crippen molar-refractivity contribution in [1.82, 2.24) is 19.6 Å². The van der Waals surface area contributed by atoms with Crippen LogP contribution in [0.3, 0.4) is 0 Å². The monoisotopic (exact) mass is 726 g/mol. The third-order valence-corrected chi connectivity index (χ3v) is 10.3. The van der Waals surface area contributed by atoms with Crippen LogP contribution < -0.4 is 5.73 Å². The molecule has 256 valence electrons. The van der Waals surface area contributed by atoms with E-state index in [1.165, 1.54) is 7.11 Å². The minimum absolute atomic E-state index is 0.0846. The predicted octanol–water partition coefficient (Wildman–Crippen LogP) is 6.40. The van der Waals surface area contributed by atoms with E-state index in [1.807, 2.05) is 17.0 Å². The number of likely N-dealkylation sites (tertiary alicyclic amines) is 1. The number of nitrogens with two attached hydrogens (primary N) is 1. The molecular formula is C33H42Cl4N6O4. The molecule has 4 amide bonds. The standard InChI is InChI=1S/C33H42Cl4N6O4/c1-33(2,31(38)45)43-12-5-11-42(32(43)46)25-8-13-41(14-9-25)15-10-26(21-6-7-27(36)28(37)18-21)29(39-47-4)20-40(3)30(44)22-16-23(34)19-24(35)17-22/h6-7,16-19,25-26H,5,8-15,20H2,1-4H3,(H2,38,45)/b39-29-/t26-/m1/s1. The second-order valence-corrected chi connectivity index (χ2v) is 14.3. The molecule has 2 heterocycles. The lowest BCUT2D eigenvalue weighted by molar-refractivity contribution is -0.127. The Kier molecular flexibility index (Phi) is 12.7. The minimum Gasteiger partial charge on any atom is -0.399 e. The van der Waals surface area contributed by atoms with Crippen LogP contribution in [0.15, 0.2) is 41.6 Å². The van der Waals surface area contributed by atoms with Gasteiger partial charge in [0.1, 0.15) is 12.6 Å². The molecule has 14 heteroatoms. The lowest BCUT2D eigenvalue weighted by atomic mass is 9.89. The molecular weight excluding hydrogens is 686 g/mol. The summed E-state index contributed by atoms with van der Waals surface area (Å²) in [6, 6.07) is 10.2. The van der Waals surface area contributed by atoms with Gasteiger partial charge in [-0.15, -0.1) is 0 Å². The van der Waals surface area contributed by atoms with Gasteiger partial charge in [0, 0.05) is 60.8 Å². The zero-order valence-corrected chi connectivity index (χ0v) is 30.2. The van der Waals surface area contributed by atoms with Gasteiger partial charge in [-0.3, -0.25) is 9.59 Å². The van der Waals surface area contributed by atoms with Gasteiger partial charge in [0.05, 0.1) is 22.3 Å². The van der Waals surface area contributed by atoms with Crippen molar-refractivity contribution in [3.8, 4) is 0 Å². The van der Waals surface area contributed by atoms with Crippen molar-refractivity contribution in [2.24, 2.45) is 10.9 Å². The molecule has 0 aromatic heterocycles. The number of nitrogens with zero attached hydrogens (tertiary/aromatic N) is 5. The highest BCUT2D eigenvalue weighted by Crippen LogP contribution is 2.31. The third kappa shape index (κ3) is 9.03. The summed E-state index contributed by atoms with van der Waals surface area (Å²) in [4.78, 5) is 51.6. The Morgan fingerprint density at radius 2 is 1.68 bits per heavy atom. The number of amides is 4. The van der Waals surface area contributed by atoms with Crippen LogP contribution >= 0.6 is 46.4 Å². The lowest BCUT2D eigenvalue weighted by Crippen LogP contribution is -2.64. The Balaban J connectivity index is 1.46. The molecule has 0 saturated carbocycles. The van der Waals surface area contributed by atoms with Crippen LogP contribution in [-0.2, 0) is 9.63 Å². The largest absolute Gasteiger partial charge is 0.399 e. The summed E-state index contributed by atoms with van der Waals surface area (Å²) in [7, 11) is 3.16. The van der Waals surface area contributed by atoms with Crippen LogP contribution in [0, 0.1) is 0 Å². The van der Waals surface area contributed by atoms with E-state index in [-0.39, 0.29) is 30.4 Å². The van der Waals surface area contributed by atoms with Crippen molar-refractivity contribution in [2.75, 3.05) is 53.4 Å². The van der Waals surface area contributed by atoms with E-state index in [2.05, 4.69) is 10.1 Å². The molecule has 2 aromatic carbocycles. The normalized spacial score (nSPS) is 17.5. The maximum atomic E-state index is 13.4. The van der Waals surface area contributed by atoms with Crippen LogP contribution in [0.5, 0.6) is 0 Å². The Bertz CT molecular complexity index is 1480. The lowest BCUT2D eigenvalue weighted by Gasteiger charge is -2.47. The average Bonchev–Trinajstić information content (AvgIpc) is 3.02. The van der Waals surface area contributed by atoms with E-state index in [1.54, 1.807) is 55.0 Å². The van der Waals surface area contributed by atoms with Crippen molar-refractivity contribution < 1.29 is 19.2 Å². The number of hydrogen-bond acceptors (Lipinski definition) is 6. The van der Waals surface area contributed by atoms with Crippen molar-refractivity contribution in [3.63, 3.8) is 0 Å². The summed E-state index contributed by atoms with van der Waals surface area (Å²) >= 11 is 25.0. The molecule has 2 aliphatic heterocycles. The second-order valence-electron chi connectivity index (χ2n) is 12.6. The Hall–Kier alpha value is -2.76. The molecule has 2 fully saturated rings. The molecule has 2 saturated heterocycles. The average molecular weight is 729 g/mol. The minimum atomic E-state index is -1.04. The Labute approximate surface area is 296 Å². The van der Waals surface area contributed by atoms with Gasteiger partial charge in [-0.05, 0) is 82.0 Å². The van der Waals surface area contributed by atoms with E-state index in [4.69, 9.17) is 57.0 Å². The molecule has 0 aliphatic carbocycles. The number of hydrogen-bond donors (Lipinski definition) is 1. The molecule has 10 nitrogen and oxygen atoms in total. The number of oxime groups is 1. The van der Waals surface area contributed by atoms with Gasteiger partial charge < -0.3 is 30.2 Å². The Morgan fingerprint density at radius 3 is 2.28 bits per heavy atom. The van der Waals surface area contributed by atoms with Gasteiger partial charge in [0.15, 0.2) is 0 Å². The first kappa shape index (κ1) is 37.1. The second kappa shape index (κ2) is 16.1. The zero-order chi connectivity index (χ0) is 34.5. The number of carbonyl (C=O) groups is 3. The smallest absolute Gasteiger partial charge is 0.321 e. The number of carbonyl (C=O) groups excluding carboxylic acids is 3. The van der Waals surface area contributed by atoms with Crippen molar-refractivity contribution in [3.05, 3.63) is 67.6 Å². The van der Waals surface area contributed by atoms with Crippen molar-refractivity contribution in [1.29, 1.82) is 0 Å². The maximum absolute atomic E-state index is 13.4. The Morgan fingerprint density at radius 1 is 1.02 bits per heavy atom. The van der Waals surface area contributed by atoms with Crippen LogP contribution in [0.2, 0.25) is 20.1 Å². The number of piperidine rings is 1. The maximum Gasteiger partial charge on any atom is 0.321 e. The summed E-state index contributed by atoms with van der Waals surface area (Å²) in [6.07, 6.45) is 3.08. The fraction of sp³-hybridized carbons (Fsp3) is 0.515. The number of halogens is 4. The molecule has 0 spiro atoms. The predicted molar refractivity (Wildman–Crippen MR) is 188 cm³/mol. The van der Waals surface area contributed by atoms with Crippen LogP contribution in [-0.4, -0.2) is 108 Å². The van der Waals surface area contributed by atoms with Gasteiger partial charge in [0.2, 0.25) is 5.91 Å². The van der Waals surface area contributed by atoms with Gasteiger partial charge in [-0.2, -0.15) is 0 Å². The molecule has 0 radical (unpaired) electrons. The van der Waals surface area contributed by atoms with E-state index in [0.717, 1.165) is 44.5 Å². The van der Waals surface area contributed by atoms with Gasteiger partial charge in [0.25, 0.3) is 5.91 Å². The van der Waals surface area contributed by atoms with Crippen LogP contribution in [0.1, 0.15) is 61.4 Å². The molecule has 47 heavy (non-hydrogen) atoms. The topological polar surface area (TPSA) is 112 Å². The first-order valence-electron chi connectivity index (χ1n) is 15.6. The molecule has 2 aliphatic rings. The number of primary amides is 1. The highest BCUT2D eigenvalue weighted by molar-refractivity contribution is 6.42. The fourth-order valence-corrected chi connectivity index (χ4v) is 7.12. The quantitative estimate of drug-likeness (QED) is 0.201. The molecule has 0 bridgehead atoms. The molecule has 1 atom stereocenters. The van der Waals surface area contributed by atoms with Gasteiger partial charge >= 0.3 is 6.03 Å². The number of rotatable bonds is 12. The molecule has 0 unspecified atom stereocenters. The summed E-state index contributed by atoms with van der Waals surface area (Å²) < 4.78 is 0. The summed E-state index contributed by atoms with van der Waals surface area (Å²) in [5, 5.41) is 5.98. The summed E-state index contributed by atoms with van der Waals surface area (Å²) in [5.74, 6) is -1.02. The van der Waals surface area contributed by atoms with Crippen molar-refractivity contribution in [2.45, 2.75) is 57.0 Å². The van der Waals surface area contributed by atoms with E-state index >= 15 is 0 Å². The first-order valence-corrected chi connectivity index (χ1v) is 17.1. The molecule has 2 aromatic rings. The summed E-state index contributed by atoms with van der Waals surface area (Å²) in [5.41, 5.74) is 6.48. The van der Waals surface area contributed by atoms with E-state index in [0.29, 0.717) is 50.9 Å². The fourth-order valence-electron chi connectivity index (χ4n) is 6.29. The molecule has 2 N–H and O–H groups in total.